The smallest absolute Gasteiger partial charge is 0.191 e. The second kappa shape index (κ2) is 10.0. The molecule has 2 aromatic rings. The molecule has 0 saturated heterocycles. The first-order valence-corrected chi connectivity index (χ1v) is 9.62. The number of aromatic nitrogens is 1. The summed E-state index contributed by atoms with van der Waals surface area (Å²) < 4.78 is 5.98. The Labute approximate surface area is 154 Å². The Kier molecular flexibility index (Phi) is 7.73. The third kappa shape index (κ3) is 6.74. The van der Waals surface area contributed by atoms with Gasteiger partial charge in [0, 0.05) is 24.9 Å². The molecule has 2 rings (SSSR count). The Balaban J connectivity index is 1.82. The van der Waals surface area contributed by atoms with Crippen LogP contribution in [0, 0.1) is 13.8 Å². The molecule has 1 aromatic carbocycles. The number of hydrogen-bond acceptors (Lipinski definition) is 4. The zero-order valence-corrected chi connectivity index (χ0v) is 16.3. The van der Waals surface area contributed by atoms with E-state index in [2.05, 4.69) is 45.9 Å². The normalized spacial score (nSPS) is 12.7. The molecule has 0 amide bonds. The number of ether oxygens (including phenoxy) is 1. The quantitative estimate of drug-likeness (QED) is 0.560. The van der Waals surface area contributed by atoms with Crippen LogP contribution in [0.1, 0.15) is 30.1 Å². The number of aliphatic imine (C=N–C) groups is 1. The van der Waals surface area contributed by atoms with Crippen LogP contribution in [-0.4, -0.2) is 36.7 Å². The second-order valence-corrected chi connectivity index (χ2v) is 7.01. The Bertz CT molecular complexity index is 684. The molecule has 1 unspecified atom stereocenters. The van der Waals surface area contributed by atoms with Gasteiger partial charge in [0.1, 0.15) is 11.9 Å². The highest BCUT2D eigenvalue weighted by molar-refractivity contribution is 7.09. The molecule has 0 radical (unpaired) electrons. The van der Waals surface area contributed by atoms with Gasteiger partial charge in [-0.2, -0.15) is 0 Å². The van der Waals surface area contributed by atoms with Gasteiger partial charge in [-0.1, -0.05) is 18.2 Å². The van der Waals surface area contributed by atoms with E-state index in [1.807, 2.05) is 32.0 Å². The van der Waals surface area contributed by atoms with Crippen molar-refractivity contribution in [3.8, 4) is 5.75 Å². The summed E-state index contributed by atoms with van der Waals surface area (Å²) in [5.41, 5.74) is 2.27. The van der Waals surface area contributed by atoms with E-state index < -0.39 is 0 Å². The van der Waals surface area contributed by atoms with Crippen molar-refractivity contribution in [2.24, 2.45) is 4.99 Å². The minimum absolute atomic E-state index is 0.0118. The first-order valence-electron chi connectivity index (χ1n) is 8.74. The topological polar surface area (TPSA) is 58.5 Å². The maximum Gasteiger partial charge on any atom is 0.191 e. The van der Waals surface area contributed by atoms with Gasteiger partial charge in [0.15, 0.2) is 5.96 Å². The molecule has 6 heteroatoms. The van der Waals surface area contributed by atoms with Crippen molar-refractivity contribution in [3.63, 3.8) is 0 Å². The minimum atomic E-state index is 0.0118. The molecule has 0 spiro atoms. The predicted octanol–water partition coefficient (Wildman–Crippen LogP) is 3.33. The lowest BCUT2D eigenvalue weighted by Crippen LogP contribution is -2.39. The molecule has 1 heterocycles. The van der Waals surface area contributed by atoms with Crippen LogP contribution in [-0.2, 0) is 6.42 Å². The second-order valence-electron chi connectivity index (χ2n) is 5.95. The first-order chi connectivity index (χ1) is 12.1. The van der Waals surface area contributed by atoms with Crippen molar-refractivity contribution in [2.75, 3.05) is 19.6 Å². The lowest BCUT2D eigenvalue weighted by Gasteiger charge is -2.16. The van der Waals surface area contributed by atoms with E-state index in [4.69, 9.17) is 4.74 Å². The number of aryl methyl sites for hydroxylation is 2. The number of thiazole rings is 1. The minimum Gasteiger partial charge on any atom is -0.489 e. The van der Waals surface area contributed by atoms with Crippen LogP contribution in [0.25, 0.3) is 0 Å². The summed E-state index contributed by atoms with van der Waals surface area (Å²) in [6.07, 6.45) is 0.905. The van der Waals surface area contributed by atoms with E-state index in [1.54, 1.807) is 11.3 Å². The van der Waals surface area contributed by atoms with Crippen LogP contribution in [0.5, 0.6) is 5.75 Å². The highest BCUT2D eigenvalue weighted by atomic mass is 32.1. The van der Waals surface area contributed by atoms with Crippen LogP contribution < -0.4 is 15.4 Å². The molecule has 0 fully saturated rings. The van der Waals surface area contributed by atoms with Crippen LogP contribution in [0.2, 0.25) is 0 Å². The molecule has 0 bridgehead atoms. The Morgan fingerprint density at radius 2 is 2.08 bits per heavy atom. The SMILES string of the molecule is CCNC(=NCC(C)Oc1ccccc1C)NCCc1csc(C)n1. The van der Waals surface area contributed by atoms with Crippen molar-refractivity contribution in [2.45, 2.75) is 40.2 Å². The third-order valence-electron chi connectivity index (χ3n) is 3.61. The lowest BCUT2D eigenvalue weighted by atomic mass is 10.2. The van der Waals surface area contributed by atoms with Crippen molar-refractivity contribution in [1.29, 1.82) is 0 Å². The predicted molar refractivity (Wildman–Crippen MR) is 106 cm³/mol. The zero-order valence-electron chi connectivity index (χ0n) is 15.5. The Morgan fingerprint density at radius 3 is 2.76 bits per heavy atom. The highest BCUT2D eigenvalue weighted by Crippen LogP contribution is 2.17. The van der Waals surface area contributed by atoms with Gasteiger partial charge in [0.05, 0.1) is 17.2 Å². The standard InChI is InChI=1S/C19H28N4OS/c1-5-20-19(21-11-10-17-13-25-16(4)23-17)22-12-15(3)24-18-9-7-6-8-14(18)2/h6-9,13,15H,5,10-12H2,1-4H3,(H2,20,21,22). The fourth-order valence-corrected chi connectivity index (χ4v) is 2.98. The summed E-state index contributed by atoms with van der Waals surface area (Å²) in [4.78, 5) is 9.11. The molecule has 1 atom stereocenters. The van der Waals surface area contributed by atoms with Gasteiger partial charge in [-0.15, -0.1) is 11.3 Å². The highest BCUT2D eigenvalue weighted by Gasteiger charge is 2.06. The molecule has 5 nitrogen and oxygen atoms in total. The van der Waals surface area contributed by atoms with Crippen LogP contribution >= 0.6 is 11.3 Å². The summed E-state index contributed by atoms with van der Waals surface area (Å²) in [5, 5.41) is 9.85. The fourth-order valence-electron chi connectivity index (χ4n) is 2.34. The molecule has 0 saturated carbocycles. The Morgan fingerprint density at radius 1 is 1.28 bits per heavy atom. The monoisotopic (exact) mass is 360 g/mol. The fraction of sp³-hybridized carbons (Fsp3) is 0.474. The van der Waals surface area contributed by atoms with Gasteiger partial charge in [0.25, 0.3) is 0 Å². The van der Waals surface area contributed by atoms with Crippen molar-refractivity contribution < 1.29 is 4.74 Å². The lowest BCUT2D eigenvalue weighted by molar-refractivity contribution is 0.228. The van der Waals surface area contributed by atoms with E-state index in [0.717, 1.165) is 47.5 Å². The molecule has 0 aliphatic heterocycles. The van der Waals surface area contributed by atoms with Crippen LogP contribution in [0.15, 0.2) is 34.6 Å². The van der Waals surface area contributed by atoms with Crippen molar-refractivity contribution >= 4 is 17.3 Å². The summed E-state index contributed by atoms with van der Waals surface area (Å²) >= 11 is 1.69. The van der Waals surface area contributed by atoms with Crippen LogP contribution in [0.4, 0.5) is 0 Å². The van der Waals surface area contributed by atoms with Gasteiger partial charge < -0.3 is 15.4 Å². The number of benzene rings is 1. The summed E-state index contributed by atoms with van der Waals surface area (Å²) in [7, 11) is 0. The molecule has 1 aromatic heterocycles. The maximum atomic E-state index is 5.98. The van der Waals surface area contributed by atoms with E-state index in [1.165, 1.54) is 0 Å². The molecular weight excluding hydrogens is 332 g/mol. The molecular formula is C19H28N4OS. The number of nitrogens with zero attached hydrogens (tertiary/aromatic N) is 2. The number of nitrogens with one attached hydrogen (secondary N) is 2. The van der Waals surface area contributed by atoms with E-state index in [0.29, 0.717) is 6.54 Å². The largest absolute Gasteiger partial charge is 0.489 e. The Hall–Kier alpha value is -2.08. The summed E-state index contributed by atoms with van der Waals surface area (Å²) in [6.45, 7) is 10.4. The third-order valence-corrected chi connectivity index (χ3v) is 4.43. The molecule has 25 heavy (non-hydrogen) atoms. The molecule has 0 aliphatic rings. The number of hydrogen-bond donors (Lipinski definition) is 2. The summed E-state index contributed by atoms with van der Waals surface area (Å²) in [5.74, 6) is 1.73. The number of para-hydroxylation sites is 1. The van der Waals surface area contributed by atoms with Gasteiger partial charge in [-0.3, -0.25) is 0 Å². The zero-order chi connectivity index (χ0) is 18.1. The molecule has 136 valence electrons. The van der Waals surface area contributed by atoms with E-state index in [-0.39, 0.29) is 6.10 Å². The first kappa shape index (κ1) is 19.2. The van der Waals surface area contributed by atoms with Gasteiger partial charge in [-0.05, 0) is 39.3 Å². The van der Waals surface area contributed by atoms with Gasteiger partial charge in [-0.25, -0.2) is 9.98 Å². The number of rotatable bonds is 8. The van der Waals surface area contributed by atoms with Crippen LogP contribution in [0.3, 0.4) is 0 Å². The van der Waals surface area contributed by atoms with Gasteiger partial charge in [0.2, 0.25) is 0 Å². The average Bonchev–Trinajstić information content (AvgIpc) is 3.00. The average molecular weight is 361 g/mol. The maximum absolute atomic E-state index is 5.98. The van der Waals surface area contributed by atoms with Crippen molar-refractivity contribution in [3.05, 3.63) is 45.9 Å². The van der Waals surface area contributed by atoms with E-state index >= 15 is 0 Å². The molecule has 2 N–H and O–H groups in total. The van der Waals surface area contributed by atoms with Gasteiger partial charge >= 0.3 is 0 Å². The summed E-state index contributed by atoms with van der Waals surface area (Å²) in [6, 6.07) is 8.05. The van der Waals surface area contributed by atoms with Crippen molar-refractivity contribution in [1.82, 2.24) is 15.6 Å². The van der Waals surface area contributed by atoms with E-state index in [9.17, 15) is 0 Å². The molecule has 0 aliphatic carbocycles. The number of guanidine groups is 1.